The topological polar surface area (TPSA) is 33.0 Å². The highest BCUT2D eigenvalue weighted by Crippen LogP contribution is 2.19. The van der Waals surface area contributed by atoms with Crippen molar-refractivity contribution in [1.82, 2.24) is 0 Å². The van der Waals surface area contributed by atoms with E-state index in [0.717, 1.165) is 5.56 Å². The summed E-state index contributed by atoms with van der Waals surface area (Å²) < 4.78 is 5.07. The van der Waals surface area contributed by atoms with Gasteiger partial charge < -0.3 is 4.74 Å². The first-order valence-electron chi connectivity index (χ1n) is 4.12. The van der Waals surface area contributed by atoms with Gasteiger partial charge in [-0.15, -0.1) is 11.6 Å². The fourth-order valence-corrected chi connectivity index (χ4v) is 1.17. The summed E-state index contributed by atoms with van der Waals surface area (Å²) in [4.78, 5) is 0. The lowest BCUT2D eigenvalue weighted by Gasteiger charge is -2.02. The molecule has 0 aliphatic carbocycles. The summed E-state index contributed by atoms with van der Waals surface area (Å²) in [7, 11) is 1.55. The minimum Gasteiger partial charge on any atom is -0.495 e. The zero-order valence-corrected chi connectivity index (χ0v) is 8.58. The van der Waals surface area contributed by atoms with Crippen LogP contribution in [0, 0.1) is 11.3 Å². The Morgan fingerprint density at radius 3 is 2.93 bits per heavy atom. The van der Waals surface area contributed by atoms with E-state index in [1.807, 2.05) is 24.3 Å². The van der Waals surface area contributed by atoms with Crippen molar-refractivity contribution < 1.29 is 4.74 Å². The quantitative estimate of drug-likeness (QED) is 0.714. The second-order valence-electron chi connectivity index (χ2n) is 2.63. The van der Waals surface area contributed by atoms with E-state index < -0.39 is 0 Å². The second kappa shape index (κ2) is 5.31. The standard InChI is InChI=1S/C11H10ClNO/c1-14-11-7-9(3-2-6-12)4-5-10(11)8-13/h2-5,7H,6H2,1H3. The number of alkyl halides is 1. The summed E-state index contributed by atoms with van der Waals surface area (Å²) in [5.74, 6) is 1.06. The minimum absolute atomic E-state index is 0.475. The molecule has 0 aromatic heterocycles. The molecule has 72 valence electrons. The number of benzene rings is 1. The van der Waals surface area contributed by atoms with Gasteiger partial charge in [0.1, 0.15) is 11.8 Å². The average Bonchev–Trinajstić information content (AvgIpc) is 2.25. The van der Waals surface area contributed by atoms with Crippen LogP contribution in [0.1, 0.15) is 11.1 Å². The molecule has 1 aromatic carbocycles. The Labute approximate surface area is 88.4 Å². The minimum atomic E-state index is 0.475. The maximum atomic E-state index is 8.75. The normalized spacial score (nSPS) is 10.1. The molecule has 0 radical (unpaired) electrons. The van der Waals surface area contributed by atoms with E-state index in [9.17, 15) is 0 Å². The number of hydrogen-bond acceptors (Lipinski definition) is 2. The predicted molar refractivity (Wildman–Crippen MR) is 57.5 cm³/mol. The highest BCUT2D eigenvalue weighted by atomic mass is 35.5. The molecular weight excluding hydrogens is 198 g/mol. The number of methoxy groups -OCH3 is 1. The average molecular weight is 208 g/mol. The van der Waals surface area contributed by atoms with E-state index in [2.05, 4.69) is 6.07 Å². The van der Waals surface area contributed by atoms with Gasteiger partial charge in [0.05, 0.1) is 12.7 Å². The lowest BCUT2D eigenvalue weighted by atomic mass is 10.1. The third-order valence-electron chi connectivity index (χ3n) is 1.75. The monoisotopic (exact) mass is 207 g/mol. The summed E-state index contributed by atoms with van der Waals surface area (Å²) in [5, 5.41) is 8.75. The van der Waals surface area contributed by atoms with Crippen LogP contribution in [0.25, 0.3) is 6.08 Å². The van der Waals surface area contributed by atoms with E-state index in [0.29, 0.717) is 17.2 Å². The van der Waals surface area contributed by atoms with Crippen LogP contribution >= 0.6 is 11.6 Å². The largest absolute Gasteiger partial charge is 0.495 e. The number of halogens is 1. The van der Waals surface area contributed by atoms with E-state index in [1.54, 1.807) is 13.2 Å². The molecule has 0 fully saturated rings. The summed E-state index contributed by atoms with van der Waals surface area (Å²) in [5.41, 5.74) is 1.51. The van der Waals surface area contributed by atoms with Crippen molar-refractivity contribution in [2.24, 2.45) is 0 Å². The molecule has 0 N–H and O–H groups in total. The van der Waals surface area contributed by atoms with Crippen LogP contribution in [0.4, 0.5) is 0 Å². The molecule has 0 saturated heterocycles. The van der Waals surface area contributed by atoms with Crippen LogP contribution in [0.15, 0.2) is 24.3 Å². The first kappa shape index (κ1) is 10.6. The van der Waals surface area contributed by atoms with Gasteiger partial charge in [0.2, 0.25) is 0 Å². The van der Waals surface area contributed by atoms with Crippen molar-refractivity contribution in [3.8, 4) is 11.8 Å². The van der Waals surface area contributed by atoms with Crippen LogP contribution < -0.4 is 4.74 Å². The van der Waals surface area contributed by atoms with Crippen molar-refractivity contribution in [3.63, 3.8) is 0 Å². The van der Waals surface area contributed by atoms with Crippen LogP contribution in [0.2, 0.25) is 0 Å². The SMILES string of the molecule is COc1cc(C=CCCl)ccc1C#N. The van der Waals surface area contributed by atoms with Gasteiger partial charge in [0, 0.05) is 5.88 Å². The third kappa shape index (κ3) is 2.51. The zero-order valence-electron chi connectivity index (χ0n) is 7.83. The summed E-state index contributed by atoms with van der Waals surface area (Å²) in [6, 6.07) is 7.44. The van der Waals surface area contributed by atoms with Crippen LogP contribution in [0.5, 0.6) is 5.75 Å². The molecule has 0 aliphatic rings. The predicted octanol–water partition coefficient (Wildman–Crippen LogP) is 2.82. The molecule has 0 unspecified atom stereocenters. The maximum Gasteiger partial charge on any atom is 0.137 e. The van der Waals surface area contributed by atoms with Crippen LogP contribution in [-0.4, -0.2) is 13.0 Å². The molecule has 2 nitrogen and oxygen atoms in total. The first-order valence-corrected chi connectivity index (χ1v) is 4.66. The molecule has 0 bridgehead atoms. The van der Waals surface area contributed by atoms with Gasteiger partial charge in [-0.2, -0.15) is 5.26 Å². The van der Waals surface area contributed by atoms with E-state index in [4.69, 9.17) is 21.6 Å². The second-order valence-corrected chi connectivity index (χ2v) is 2.94. The zero-order chi connectivity index (χ0) is 10.4. The Hall–Kier alpha value is -1.46. The maximum absolute atomic E-state index is 8.75. The van der Waals surface area contributed by atoms with Gasteiger partial charge in [-0.25, -0.2) is 0 Å². The Kier molecular flexibility index (Phi) is 4.03. The fraction of sp³-hybridized carbons (Fsp3) is 0.182. The van der Waals surface area contributed by atoms with Gasteiger partial charge in [0.25, 0.3) is 0 Å². The number of ether oxygens (including phenoxy) is 1. The van der Waals surface area contributed by atoms with Crippen molar-refractivity contribution in [3.05, 3.63) is 35.4 Å². The van der Waals surface area contributed by atoms with Crippen molar-refractivity contribution in [2.75, 3.05) is 13.0 Å². The van der Waals surface area contributed by atoms with Gasteiger partial charge in [-0.3, -0.25) is 0 Å². The molecule has 3 heteroatoms. The molecule has 0 amide bonds. The Morgan fingerprint density at radius 2 is 2.36 bits per heavy atom. The lowest BCUT2D eigenvalue weighted by molar-refractivity contribution is 0.413. The fourth-order valence-electron chi connectivity index (χ4n) is 1.08. The Morgan fingerprint density at radius 1 is 1.57 bits per heavy atom. The summed E-state index contributed by atoms with van der Waals surface area (Å²) >= 11 is 5.51. The number of nitrogens with zero attached hydrogens (tertiary/aromatic N) is 1. The van der Waals surface area contributed by atoms with E-state index in [1.165, 1.54) is 0 Å². The summed E-state index contributed by atoms with van der Waals surface area (Å²) in [6.45, 7) is 0. The molecular formula is C11H10ClNO. The van der Waals surface area contributed by atoms with E-state index in [-0.39, 0.29) is 0 Å². The number of rotatable bonds is 3. The van der Waals surface area contributed by atoms with Gasteiger partial charge in [0.15, 0.2) is 0 Å². The number of hydrogen-bond donors (Lipinski definition) is 0. The smallest absolute Gasteiger partial charge is 0.137 e. The van der Waals surface area contributed by atoms with Crippen LogP contribution in [-0.2, 0) is 0 Å². The molecule has 1 rings (SSSR count). The molecule has 0 heterocycles. The van der Waals surface area contributed by atoms with Gasteiger partial charge in [-0.05, 0) is 17.7 Å². The Bertz CT molecular complexity index is 379. The highest BCUT2D eigenvalue weighted by molar-refractivity contribution is 6.19. The molecule has 0 spiro atoms. The number of allylic oxidation sites excluding steroid dienone is 1. The number of nitriles is 1. The molecule has 0 aliphatic heterocycles. The molecule has 14 heavy (non-hydrogen) atoms. The Balaban J connectivity index is 3.03. The highest BCUT2D eigenvalue weighted by Gasteiger charge is 2.01. The lowest BCUT2D eigenvalue weighted by Crippen LogP contribution is -1.88. The van der Waals surface area contributed by atoms with Crippen molar-refractivity contribution in [2.45, 2.75) is 0 Å². The van der Waals surface area contributed by atoms with Crippen molar-refractivity contribution >= 4 is 17.7 Å². The van der Waals surface area contributed by atoms with Crippen molar-refractivity contribution in [1.29, 1.82) is 5.26 Å². The van der Waals surface area contributed by atoms with E-state index >= 15 is 0 Å². The van der Waals surface area contributed by atoms with Gasteiger partial charge in [-0.1, -0.05) is 18.2 Å². The molecule has 0 atom stereocenters. The third-order valence-corrected chi connectivity index (χ3v) is 1.92. The van der Waals surface area contributed by atoms with Gasteiger partial charge >= 0.3 is 0 Å². The van der Waals surface area contributed by atoms with Crippen LogP contribution in [0.3, 0.4) is 0 Å². The first-order chi connectivity index (χ1) is 6.81. The molecule has 0 saturated carbocycles. The molecule has 1 aromatic rings. The summed E-state index contributed by atoms with van der Waals surface area (Å²) in [6.07, 6.45) is 3.72.